The normalized spacial score (nSPS) is 14.0. The van der Waals surface area contributed by atoms with Crippen LogP contribution < -0.4 is 42.1 Å². The van der Waals surface area contributed by atoms with Crippen LogP contribution in [0.15, 0.2) is 279 Å². The molecule has 0 bridgehead atoms. The number of nitrogens with one attached hydrogen (secondary N) is 3. The zero-order chi connectivity index (χ0) is 102. The van der Waals surface area contributed by atoms with Crippen LogP contribution in [0, 0.1) is 68.0 Å². The summed E-state index contributed by atoms with van der Waals surface area (Å²) in [5.41, 5.74) is 23.2. The number of carboxylic acid groups (broad SMARTS) is 2. The van der Waals surface area contributed by atoms with Gasteiger partial charge in [0.1, 0.15) is 19.6 Å². The topological polar surface area (TPSA) is 473 Å². The van der Waals surface area contributed by atoms with E-state index in [9.17, 15) is 44.1 Å². The molecule has 139 heavy (non-hydrogen) atoms. The molecular formula is C107H132N20O12. The fraction of sp³-hybridized carbons (Fsp3) is 0.327. The summed E-state index contributed by atoms with van der Waals surface area (Å²) in [5, 5.41) is 104. The summed E-state index contributed by atoms with van der Waals surface area (Å²) in [5.74, 6) is -1.93. The second kappa shape index (κ2) is 66.6. The minimum Gasteiger partial charge on any atom is -0.480 e. The standard InChI is InChI=1S/C23H28N4O2.C22H30N4O2.C21H27N3O2.C11H12N2O2.C10H10N2O2.C8H9NO2.C6H7N.3C2H3N/c1-25(20-10-8-18(14-24)9-11-20)17-23(29)26(2)22(19-6-4-3-5-7-19)16-27-13-12-21(28)15-27;1-25(22(28)14-24-19-9-7-17(13-23)8-10-19)21(18-5-3-2-4-6-18)16-26-12-11-20(27)15-26;1-23(21(26)14-22-18-10-6-3-7-11-18)20(17-8-4-2-5-9-17)16-24-13-12-19(25)15-24;1-13(8-11(14)15-2)10-5-3-9(7-12)4-6-10;1-12(7-10(13)14)9-4-2-8(6-11)3-5-9;10-8(11)6-9-7-4-2-1-3-5-7;7-6-4-2-1-3-5-6;3*1-2-3/h3-11,21-22,28H,12-13,15-17H2,1-2H3;2-10,20-21,24,27H,11-16,23H2,1H3;2-11,19-20,22,25H,12-16H2,1H3;3-6H,8H2,1-2H3;2-5H,7H2,1H3,(H,13,14);1-5,9H,6H2,(H,10,11);1-5H,7H2;3*1H3/t21-,22+;20-,21+;19-,20+;;;;;;;/m000......./s1. The number of carboxylic acids is 2. The predicted octanol–water partition coefficient (Wildman–Crippen LogP) is 12.7. The number of nitrogens with zero attached hydrogens (tertiary/aromatic N) is 15. The number of aliphatic carboxylic acids is 2. The molecule has 0 aromatic heterocycles. The van der Waals surface area contributed by atoms with Gasteiger partial charge in [-0.2, -0.15) is 31.6 Å². The highest BCUT2D eigenvalue weighted by Gasteiger charge is 2.32. The number of aliphatic hydroxyl groups excluding tert-OH is 3. The van der Waals surface area contributed by atoms with E-state index in [2.05, 4.69) is 65.7 Å². The van der Waals surface area contributed by atoms with Gasteiger partial charge in [-0.15, -0.1) is 0 Å². The van der Waals surface area contributed by atoms with E-state index in [-0.39, 0.29) is 99.4 Å². The van der Waals surface area contributed by atoms with E-state index >= 15 is 0 Å². The smallest absolute Gasteiger partial charge is 0.325 e. The molecule has 732 valence electrons. The zero-order valence-electron chi connectivity index (χ0n) is 80.9. The number of nitrogens with two attached hydrogens (primary N) is 2. The number of benzene rings is 10. The van der Waals surface area contributed by atoms with Crippen molar-refractivity contribution in [2.24, 2.45) is 5.73 Å². The number of methoxy groups -OCH3 is 1. The number of nitrogen functional groups attached to an aromatic ring is 1. The Morgan fingerprint density at radius 2 is 0.655 bits per heavy atom. The number of β-amino-alcohol motifs (C(OH)–C–C–N with tert-alkyl or cyclic N) is 3. The van der Waals surface area contributed by atoms with Gasteiger partial charge in [0.2, 0.25) is 17.7 Å². The summed E-state index contributed by atoms with van der Waals surface area (Å²) in [4.78, 5) is 87.6. The van der Waals surface area contributed by atoms with Gasteiger partial charge in [-0.25, -0.2) is 0 Å². The highest BCUT2D eigenvalue weighted by Crippen LogP contribution is 2.28. The van der Waals surface area contributed by atoms with Gasteiger partial charge in [0.15, 0.2) is 0 Å². The number of esters is 1. The number of aliphatic hydroxyl groups is 3. The molecule has 3 aliphatic rings. The van der Waals surface area contributed by atoms with Crippen molar-refractivity contribution in [3.63, 3.8) is 0 Å². The van der Waals surface area contributed by atoms with Gasteiger partial charge >= 0.3 is 17.9 Å². The number of hydrogen-bond acceptors (Lipinski definition) is 27. The Bertz CT molecular complexity index is 5430. The summed E-state index contributed by atoms with van der Waals surface area (Å²) in [7, 11) is 12.3. The van der Waals surface area contributed by atoms with E-state index in [1.165, 1.54) is 27.9 Å². The van der Waals surface area contributed by atoms with E-state index in [1.807, 2.05) is 244 Å². The third kappa shape index (κ3) is 45.9. The van der Waals surface area contributed by atoms with E-state index in [4.69, 9.17) is 53.3 Å². The molecule has 3 saturated heterocycles. The second-order valence-corrected chi connectivity index (χ2v) is 32.1. The lowest BCUT2D eigenvalue weighted by Crippen LogP contribution is -2.43. The first kappa shape index (κ1) is 116. The Morgan fingerprint density at radius 3 is 0.914 bits per heavy atom. The number of carbonyl (C=O) groups excluding carboxylic acids is 4. The summed E-state index contributed by atoms with van der Waals surface area (Å²) in [6, 6.07) is 98.7. The summed E-state index contributed by atoms with van der Waals surface area (Å²) < 4.78 is 4.55. The van der Waals surface area contributed by atoms with Crippen LogP contribution in [0.4, 0.5) is 39.8 Å². The van der Waals surface area contributed by atoms with Crippen LogP contribution in [0.3, 0.4) is 0 Å². The van der Waals surface area contributed by atoms with Crippen molar-refractivity contribution in [2.75, 3.05) is 184 Å². The Labute approximate surface area is 818 Å². The monoisotopic (exact) mass is 1890 g/mol. The Kier molecular flexibility index (Phi) is 55.4. The molecular weight excluding hydrogens is 1760 g/mol. The number of nitriles is 6. The summed E-state index contributed by atoms with van der Waals surface area (Å²) in [6.45, 7) is 12.3. The molecule has 0 unspecified atom stereocenters. The van der Waals surface area contributed by atoms with Crippen LogP contribution in [-0.4, -0.2) is 256 Å². The average molecular weight is 1890 g/mol. The maximum atomic E-state index is 13.1. The molecule has 32 nitrogen and oxygen atoms in total. The molecule has 0 spiro atoms. The predicted molar refractivity (Wildman–Crippen MR) is 545 cm³/mol. The molecule has 10 aromatic carbocycles. The second-order valence-electron chi connectivity index (χ2n) is 32.1. The molecule has 6 atom stereocenters. The lowest BCUT2D eigenvalue weighted by molar-refractivity contribution is -0.139. The SMILES string of the molecule is CC#N.CC#N.CC#N.CN(C(=O)CNc1ccc(CN)cc1)[C@H](CN1CC[C@H](O)C1)c1ccccc1.CN(C(=O)CNc1ccccc1)[C@H](CN1CC[C@H](O)C1)c1ccccc1.CN(CC(=O)N(C)[C@H](CN1CC[C@H](O)C1)c1ccccc1)c1ccc(C#N)cc1.CN(CC(=O)O)c1ccc(C#N)cc1.COC(=O)CN(C)c1ccc(C#N)cc1.Nc1ccccc1.O=C(O)CNc1ccccc1. The zero-order valence-corrected chi connectivity index (χ0v) is 80.9. The van der Waals surface area contributed by atoms with Gasteiger partial charge in [0, 0.05) is 168 Å². The van der Waals surface area contributed by atoms with Gasteiger partial charge in [-0.1, -0.05) is 158 Å². The van der Waals surface area contributed by atoms with Crippen molar-refractivity contribution in [2.45, 2.75) is 83.0 Å². The molecule has 32 heteroatoms. The third-order valence-corrected chi connectivity index (χ3v) is 21.7. The Hall–Kier alpha value is -15.7. The van der Waals surface area contributed by atoms with Gasteiger partial charge in [0.05, 0.1) is 116 Å². The highest BCUT2D eigenvalue weighted by molar-refractivity contribution is 5.83. The lowest BCUT2D eigenvalue weighted by atomic mass is 10.0. The Balaban J connectivity index is 0.000000345. The van der Waals surface area contributed by atoms with Gasteiger partial charge < -0.3 is 87.1 Å². The van der Waals surface area contributed by atoms with Crippen LogP contribution in [0.2, 0.25) is 0 Å². The number of para-hydroxylation sites is 3. The molecule has 3 amide bonds. The highest BCUT2D eigenvalue weighted by atomic mass is 16.5. The molecule has 0 saturated carbocycles. The molecule has 3 fully saturated rings. The number of likely N-dealkylation sites (tertiary alicyclic amines) is 3. The van der Waals surface area contributed by atoms with Crippen molar-refractivity contribution in [3.8, 4) is 36.4 Å². The largest absolute Gasteiger partial charge is 0.480 e. The minimum absolute atomic E-state index is 0.0189. The molecule has 12 N–H and O–H groups in total. The molecule has 10 aromatic rings. The number of rotatable bonds is 31. The first-order valence-corrected chi connectivity index (χ1v) is 45.0. The number of amides is 3. The lowest BCUT2D eigenvalue weighted by Gasteiger charge is -2.33. The van der Waals surface area contributed by atoms with Crippen LogP contribution >= 0.6 is 0 Å². The quantitative estimate of drug-likeness (QED) is 0.0142. The fourth-order valence-corrected chi connectivity index (χ4v) is 14.1. The maximum Gasteiger partial charge on any atom is 0.325 e. The molecule has 3 heterocycles. The average Bonchev–Trinajstić information content (AvgIpc) is 1.83. The van der Waals surface area contributed by atoms with Crippen molar-refractivity contribution in [1.29, 1.82) is 31.6 Å². The maximum absolute atomic E-state index is 13.1. The minimum atomic E-state index is -0.878. The van der Waals surface area contributed by atoms with Crippen molar-refractivity contribution in [1.82, 2.24) is 29.4 Å². The summed E-state index contributed by atoms with van der Waals surface area (Å²) >= 11 is 0. The third-order valence-electron chi connectivity index (χ3n) is 21.7. The number of anilines is 7. The molecule has 0 aliphatic carbocycles. The molecule has 13 rings (SSSR count). The number of ether oxygens (including phenoxy) is 1. The van der Waals surface area contributed by atoms with Gasteiger partial charge in [-0.05, 0) is 163 Å². The van der Waals surface area contributed by atoms with Crippen LogP contribution in [0.25, 0.3) is 0 Å². The van der Waals surface area contributed by atoms with E-state index in [1.54, 1.807) is 113 Å². The van der Waals surface area contributed by atoms with E-state index < -0.39 is 11.9 Å². The number of hydrogen-bond donors (Lipinski definition) is 10. The van der Waals surface area contributed by atoms with Crippen molar-refractivity contribution < 1.29 is 59.0 Å². The molecule has 3 aliphatic heterocycles. The van der Waals surface area contributed by atoms with Crippen LogP contribution in [-0.2, 0) is 40.0 Å². The van der Waals surface area contributed by atoms with Crippen molar-refractivity contribution in [3.05, 3.63) is 318 Å². The van der Waals surface area contributed by atoms with Crippen LogP contribution in [0.5, 0.6) is 0 Å². The van der Waals surface area contributed by atoms with E-state index in [0.29, 0.717) is 56.0 Å². The number of carbonyl (C=O) groups is 6. The first-order valence-electron chi connectivity index (χ1n) is 45.0. The molecule has 0 radical (unpaired) electrons. The fourth-order valence-electron chi connectivity index (χ4n) is 14.1. The Morgan fingerprint density at radius 1 is 0.381 bits per heavy atom. The van der Waals surface area contributed by atoms with E-state index in [0.717, 1.165) is 108 Å². The first-order chi connectivity index (χ1) is 66.9. The van der Waals surface area contributed by atoms with Crippen LogP contribution in [0.1, 0.15) is 97.1 Å². The van der Waals surface area contributed by atoms with Crippen molar-refractivity contribution >= 4 is 75.4 Å². The van der Waals surface area contributed by atoms with Gasteiger partial charge in [-0.3, -0.25) is 43.5 Å². The number of likely N-dealkylation sites (N-methyl/N-ethyl adjacent to an activating group) is 6. The van der Waals surface area contributed by atoms with Gasteiger partial charge in [0.25, 0.3) is 0 Å². The summed E-state index contributed by atoms with van der Waals surface area (Å²) in [6.07, 6.45) is 1.56.